The molecule has 0 aromatic heterocycles. The van der Waals surface area contributed by atoms with E-state index in [1.54, 1.807) is 26.0 Å². The monoisotopic (exact) mass is 362 g/mol. The summed E-state index contributed by atoms with van der Waals surface area (Å²) in [5, 5.41) is 5.05. The minimum atomic E-state index is -0.623. The van der Waals surface area contributed by atoms with E-state index in [9.17, 15) is 14.4 Å². The highest BCUT2D eigenvalue weighted by molar-refractivity contribution is 5.94. The second-order valence-electron chi connectivity index (χ2n) is 5.70. The molecule has 2 rings (SSSR count). The molecule has 0 unspecified atom stereocenters. The molecule has 0 radical (unpaired) electrons. The number of nitrogens with one attached hydrogen (secondary N) is 2. The smallest absolute Gasteiger partial charge is 0.344 e. The van der Waals surface area contributed by atoms with E-state index in [-0.39, 0.29) is 31.1 Å². The van der Waals surface area contributed by atoms with E-state index >= 15 is 0 Å². The minimum Gasteiger partial charge on any atom is -0.482 e. The molecule has 0 spiro atoms. The number of benzene rings is 1. The second-order valence-corrected chi connectivity index (χ2v) is 5.70. The molecule has 1 heterocycles. The van der Waals surface area contributed by atoms with Gasteiger partial charge in [-0.2, -0.15) is 0 Å². The number of carbonyl (C=O) groups excluding carboxylic acids is 3. The number of esters is 2. The Labute approximate surface area is 151 Å². The highest BCUT2D eigenvalue weighted by Crippen LogP contribution is 2.15. The summed E-state index contributed by atoms with van der Waals surface area (Å²) >= 11 is 0. The van der Waals surface area contributed by atoms with Gasteiger partial charge in [-0.15, -0.1) is 0 Å². The van der Waals surface area contributed by atoms with E-state index in [1.807, 2.05) is 19.1 Å². The molecule has 0 fully saturated rings. The fourth-order valence-corrected chi connectivity index (χ4v) is 2.43. The number of carbonyl (C=O) groups is 3. The molecular weight excluding hydrogens is 340 g/mol. The Balaban J connectivity index is 1.97. The van der Waals surface area contributed by atoms with E-state index in [2.05, 4.69) is 10.6 Å². The van der Waals surface area contributed by atoms with Gasteiger partial charge in [0.05, 0.1) is 23.9 Å². The predicted octanol–water partition coefficient (Wildman–Crippen LogP) is 1.44. The standard InChI is InChI=1S/C18H22N2O6/c1-4-24-17(22)16-12(3)19-18(23)20-14(16)9-26-15(21)10-25-13-7-5-6-11(2)8-13/h5-8,12H,4,9-10H2,1-3H3,(H2,19,20,23)/t12-/m1/s1. The molecular formula is C18H22N2O6. The maximum absolute atomic E-state index is 12.1. The number of urea groups is 1. The van der Waals surface area contributed by atoms with E-state index in [1.165, 1.54) is 0 Å². The van der Waals surface area contributed by atoms with Crippen LogP contribution in [0, 0.1) is 6.92 Å². The first-order valence-electron chi connectivity index (χ1n) is 8.23. The van der Waals surface area contributed by atoms with Gasteiger partial charge in [0.2, 0.25) is 0 Å². The van der Waals surface area contributed by atoms with Gasteiger partial charge in [-0.25, -0.2) is 14.4 Å². The molecule has 140 valence electrons. The topological polar surface area (TPSA) is 103 Å². The van der Waals surface area contributed by atoms with Crippen LogP contribution in [0.25, 0.3) is 0 Å². The molecule has 2 N–H and O–H groups in total. The zero-order chi connectivity index (χ0) is 19.1. The van der Waals surface area contributed by atoms with Crippen LogP contribution in [0.15, 0.2) is 35.5 Å². The predicted molar refractivity (Wildman–Crippen MR) is 92.4 cm³/mol. The van der Waals surface area contributed by atoms with Crippen LogP contribution in [0.2, 0.25) is 0 Å². The SMILES string of the molecule is CCOC(=O)C1=C(COC(=O)COc2cccc(C)c2)NC(=O)N[C@@H]1C. The summed E-state index contributed by atoms with van der Waals surface area (Å²) in [6, 6.07) is 6.22. The van der Waals surface area contributed by atoms with Crippen molar-refractivity contribution in [2.24, 2.45) is 0 Å². The highest BCUT2D eigenvalue weighted by Gasteiger charge is 2.30. The second kappa shape index (κ2) is 8.89. The van der Waals surface area contributed by atoms with Gasteiger partial charge in [0, 0.05) is 0 Å². The molecule has 0 saturated heterocycles. The lowest BCUT2D eigenvalue weighted by Gasteiger charge is -2.26. The van der Waals surface area contributed by atoms with Gasteiger partial charge in [-0.1, -0.05) is 12.1 Å². The van der Waals surface area contributed by atoms with Crippen LogP contribution in [0.4, 0.5) is 4.79 Å². The Morgan fingerprint density at radius 2 is 2.00 bits per heavy atom. The van der Waals surface area contributed by atoms with Crippen LogP contribution >= 0.6 is 0 Å². The fraction of sp³-hybridized carbons (Fsp3) is 0.389. The van der Waals surface area contributed by atoms with Crippen molar-refractivity contribution in [1.82, 2.24) is 10.6 Å². The number of aryl methyl sites for hydroxylation is 1. The summed E-state index contributed by atoms with van der Waals surface area (Å²) in [5.74, 6) is -0.644. The molecule has 8 nitrogen and oxygen atoms in total. The number of amides is 2. The van der Waals surface area contributed by atoms with E-state index in [4.69, 9.17) is 14.2 Å². The Hall–Kier alpha value is -3.03. The van der Waals surface area contributed by atoms with Crippen molar-refractivity contribution in [2.45, 2.75) is 26.8 Å². The molecule has 1 aliphatic heterocycles. The summed E-state index contributed by atoms with van der Waals surface area (Å²) in [4.78, 5) is 35.6. The summed E-state index contributed by atoms with van der Waals surface area (Å²) in [6.45, 7) is 4.89. The van der Waals surface area contributed by atoms with Gasteiger partial charge in [0.15, 0.2) is 6.61 Å². The molecule has 2 amide bonds. The zero-order valence-corrected chi connectivity index (χ0v) is 15.0. The Morgan fingerprint density at radius 3 is 2.69 bits per heavy atom. The lowest BCUT2D eigenvalue weighted by molar-refractivity contribution is -0.145. The van der Waals surface area contributed by atoms with Crippen molar-refractivity contribution in [1.29, 1.82) is 0 Å². The first-order chi connectivity index (χ1) is 12.4. The molecule has 0 saturated carbocycles. The van der Waals surface area contributed by atoms with Crippen LogP contribution in [0.5, 0.6) is 5.75 Å². The lowest BCUT2D eigenvalue weighted by Crippen LogP contribution is -2.50. The van der Waals surface area contributed by atoms with Crippen molar-refractivity contribution in [3.05, 3.63) is 41.1 Å². The molecule has 1 aliphatic rings. The van der Waals surface area contributed by atoms with E-state index in [0.717, 1.165) is 5.56 Å². The third kappa shape index (κ3) is 5.23. The van der Waals surface area contributed by atoms with Crippen molar-refractivity contribution in [3.8, 4) is 5.75 Å². The first-order valence-corrected chi connectivity index (χ1v) is 8.23. The van der Waals surface area contributed by atoms with Crippen molar-refractivity contribution >= 4 is 18.0 Å². The van der Waals surface area contributed by atoms with Crippen molar-refractivity contribution in [3.63, 3.8) is 0 Å². The quantitative estimate of drug-likeness (QED) is 0.712. The molecule has 1 aromatic rings. The third-order valence-corrected chi connectivity index (χ3v) is 3.59. The summed E-state index contributed by atoms with van der Waals surface area (Å²) in [5.41, 5.74) is 1.42. The van der Waals surface area contributed by atoms with Gasteiger partial charge >= 0.3 is 18.0 Å². The third-order valence-electron chi connectivity index (χ3n) is 3.59. The highest BCUT2D eigenvalue weighted by atomic mass is 16.6. The first kappa shape index (κ1) is 19.3. The summed E-state index contributed by atoms with van der Waals surface area (Å²) in [6.07, 6.45) is 0. The lowest BCUT2D eigenvalue weighted by atomic mass is 10.0. The fourth-order valence-electron chi connectivity index (χ4n) is 2.43. The molecule has 26 heavy (non-hydrogen) atoms. The Morgan fingerprint density at radius 1 is 1.23 bits per heavy atom. The van der Waals surface area contributed by atoms with Gasteiger partial charge in [-0.05, 0) is 38.5 Å². The molecule has 1 aromatic carbocycles. The van der Waals surface area contributed by atoms with Gasteiger partial charge in [0.25, 0.3) is 0 Å². The zero-order valence-electron chi connectivity index (χ0n) is 15.0. The van der Waals surface area contributed by atoms with Crippen LogP contribution in [-0.2, 0) is 19.1 Å². The van der Waals surface area contributed by atoms with E-state index < -0.39 is 24.0 Å². The molecule has 0 bridgehead atoms. The normalized spacial score (nSPS) is 16.4. The maximum atomic E-state index is 12.1. The largest absolute Gasteiger partial charge is 0.482 e. The Bertz CT molecular complexity index is 728. The average molecular weight is 362 g/mol. The molecule has 8 heteroatoms. The maximum Gasteiger partial charge on any atom is 0.344 e. The molecule has 1 atom stereocenters. The number of rotatable bonds is 7. The van der Waals surface area contributed by atoms with Gasteiger partial charge in [0.1, 0.15) is 12.4 Å². The summed E-state index contributed by atoms with van der Waals surface area (Å²) in [7, 11) is 0. The molecule has 0 aliphatic carbocycles. The minimum absolute atomic E-state index is 0.195. The van der Waals surface area contributed by atoms with Crippen LogP contribution < -0.4 is 15.4 Å². The number of hydrogen-bond acceptors (Lipinski definition) is 6. The Kier molecular flexibility index (Phi) is 6.60. The van der Waals surface area contributed by atoms with Crippen LogP contribution in [0.1, 0.15) is 19.4 Å². The van der Waals surface area contributed by atoms with Crippen molar-refractivity contribution in [2.75, 3.05) is 19.8 Å². The van der Waals surface area contributed by atoms with Gasteiger partial charge < -0.3 is 24.8 Å². The number of ether oxygens (including phenoxy) is 3. The van der Waals surface area contributed by atoms with Crippen LogP contribution in [-0.4, -0.2) is 43.8 Å². The number of hydrogen-bond donors (Lipinski definition) is 2. The van der Waals surface area contributed by atoms with Gasteiger partial charge in [-0.3, -0.25) is 0 Å². The average Bonchev–Trinajstić information content (AvgIpc) is 2.57. The van der Waals surface area contributed by atoms with Crippen LogP contribution in [0.3, 0.4) is 0 Å². The van der Waals surface area contributed by atoms with E-state index in [0.29, 0.717) is 5.75 Å². The van der Waals surface area contributed by atoms with Crippen molar-refractivity contribution < 1.29 is 28.6 Å². The summed E-state index contributed by atoms with van der Waals surface area (Å²) < 4.78 is 15.5.